The Morgan fingerprint density at radius 3 is 2.49 bits per heavy atom. The van der Waals surface area contributed by atoms with Crippen LogP contribution < -0.4 is 15.9 Å². The minimum atomic E-state index is -2.08. The number of carbonyl (C=O) groups excluding carboxylic acids is 3. The smallest absolute Gasteiger partial charge is 0.240 e. The van der Waals surface area contributed by atoms with Crippen LogP contribution in [0.5, 0.6) is 17.2 Å². The maximum atomic E-state index is 13.9. The molecule has 2 aromatic carbocycles. The molecule has 8 N–H and O–H groups in total. The molecule has 0 bridgehead atoms. The predicted octanol–water partition coefficient (Wildman–Crippen LogP) is 2.26. The summed E-state index contributed by atoms with van der Waals surface area (Å²) in [7, 11) is 1.33. The van der Waals surface area contributed by atoms with Crippen molar-refractivity contribution < 1.29 is 54.1 Å². The van der Waals surface area contributed by atoms with Gasteiger partial charge in [0, 0.05) is 48.4 Å². The summed E-state index contributed by atoms with van der Waals surface area (Å²) in [6, 6.07) is 3.68. The molecule has 5 rings (SSSR count). The Hall–Kier alpha value is -3.92. The van der Waals surface area contributed by atoms with Crippen molar-refractivity contribution in [2.45, 2.75) is 108 Å². The van der Waals surface area contributed by atoms with Crippen LogP contribution in [0.1, 0.15) is 114 Å². The van der Waals surface area contributed by atoms with Crippen LogP contribution in [0, 0.1) is 0 Å². The minimum Gasteiger partial charge on any atom is -0.507 e. The SMILES string of the molecule is CCCCCCCC(=O)N/N=C(/CO)C1(O)Cc2c(O)c3c(c(O)c2C(O[C@H]2C[C@H](N)[C@H](O)[C@H](C)O2)C1)C(=O)c1c(OC)cccc1C3=O. The number of aromatic hydroxyl groups is 2. The van der Waals surface area contributed by atoms with Crippen LogP contribution in [0.4, 0.5) is 0 Å². The summed E-state index contributed by atoms with van der Waals surface area (Å²) in [6.07, 6.45) is -0.138. The molecule has 1 saturated heterocycles. The number of ketones is 2. The number of phenols is 2. The van der Waals surface area contributed by atoms with Crippen molar-refractivity contribution in [2.75, 3.05) is 13.7 Å². The third kappa shape index (κ3) is 6.94. The van der Waals surface area contributed by atoms with Gasteiger partial charge in [-0.25, -0.2) is 5.43 Å². The van der Waals surface area contributed by atoms with Crippen LogP contribution in [0.25, 0.3) is 0 Å². The summed E-state index contributed by atoms with van der Waals surface area (Å²) in [5.41, 5.74) is 4.93. The second-order valence-electron chi connectivity index (χ2n) is 13.0. The van der Waals surface area contributed by atoms with Crippen LogP contribution in [-0.4, -0.2) is 92.6 Å². The fraction of sp³-hybridized carbons (Fsp3) is 0.543. The second-order valence-corrected chi connectivity index (χ2v) is 13.0. The summed E-state index contributed by atoms with van der Waals surface area (Å²) in [6.45, 7) is 2.89. The van der Waals surface area contributed by atoms with Crippen molar-refractivity contribution in [3.63, 3.8) is 0 Å². The largest absolute Gasteiger partial charge is 0.507 e. The Morgan fingerprint density at radius 2 is 1.82 bits per heavy atom. The molecule has 2 aliphatic carbocycles. The standard InChI is InChI=1S/C35H45N3O11/c1-4-5-6-7-8-12-24(40)38-37-23(16-39)35(46)14-19-27(22(15-35)49-25-13-20(36)30(41)17(2)48-25)34(45)29-28(32(19)43)31(42)18-10-9-11-21(47-3)26(18)33(29)44/h9-11,17,20,22,25,30,39,41,43,45-46H,4-8,12-16,36H2,1-3H3,(H,38,40)/b37-23-/t17-,20-,22?,25-,30+,35?/m0/s1. The molecule has 1 aliphatic heterocycles. The number of hydrogen-bond acceptors (Lipinski definition) is 13. The van der Waals surface area contributed by atoms with E-state index in [9.17, 15) is 39.9 Å². The van der Waals surface area contributed by atoms with Gasteiger partial charge < -0.3 is 45.5 Å². The van der Waals surface area contributed by atoms with Crippen LogP contribution in [-0.2, 0) is 20.7 Å². The van der Waals surface area contributed by atoms with E-state index in [0.29, 0.717) is 6.42 Å². The van der Waals surface area contributed by atoms with Crippen molar-refractivity contribution in [3.05, 3.63) is 51.6 Å². The third-order valence-electron chi connectivity index (χ3n) is 9.65. The van der Waals surface area contributed by atoms with Gasteiger partial charge in [-0.2, -0.15) is 5.10 Å². The summed E-state index contributed by atoms with van der Waals surface area (Å²) in [5, 5.41) is 60.3. The first kappa shape index (κ1) is 36.4. The number of aliphatic hydroxyl groups is 3. The lowest BCUT2D eigenvalue weighted by atomic mass is 9.71. The van der Waals surface area contributed by atoms with Gasteiger partial charge in [-0.1, -0.05) is 44.7 Å². The molecule has 0 aromatic heterocycles. The number of phenolic OH excluding ortho intramolecular Hbond substituents is 2. The minimum absolute atomic E-state index is 0.0186. The molecule has 2 unspecified atom stereocenters. The number of amides is 1. The monoisotopic (exact) mass is 683 g/mol. The van der Waals surface area contributed by atoms with Crippen molar-refractivity contribution in [1.82, 2.24) is 5.43 Å². The molecule has 1 heterocycles. The highest BCUT2D eigenvalue weighted by Crippen LogP contribution is 2.52. The summed E-state index contributed by atoms with van der Waals surface area (Å²) >= 11 is 0. The van der Waals surface area contributed by atoms with Crippen LogP contribution in [0.3, 0.4) is 0 Å². The Bertz CT molecular complexity index is 1630. The molecule has 49 heavy (non-hydrogen) atoms. The average molecular weight is 684 g/mol. The molecule has 0 spiro atoms. The molecule has 14 heteroatoms. The first-order chi connectivity index (χ1) is 23.4. The van der Waals surface area contributed by atoms with E-state index in [1.807, 2.05) is 0 Å². The van der Waals surface area contributed by atoms with E-state index in [1.54, 1.807) is 6.92 Å². The van der Waals surface area contributed by atoms with Crippen molar-refractivity contribution in [1.29, 1.82) is 0 Å². The summed E-state index contributed by atoms with van der Waals surface area (Å²) in [5.74, 6) is -3.14. The van der Waals surface area contributed by atoms with Gasteiger partial charge in [-0.15, -0.1) is 0 Å². The lowest BCUT2D eigenvalue weighted by Crippen LogP contribution is -2.53. The van der Waals surface area contributed by atoms with Gasteiger partial charge in [-0.05, 0) is 19.4 Å². The topological polar surface area (TPSA) is 230 Å². The molecule has 0 radical (unpaired) electrons. The Labute approximate surface area is 283 Å². The lowest BCUT2D eigenvalue weighted by Gasteiger charge is -2.43. The number of nitrogens with two attached hydrogens (primary N) is 1. The maximum Gasteiger partial charge on any atom is 0.240 e. The van der Waals surface area contributed by atoms with Gasteiger partial charge in [0.05, 0.1) is 54.4 Å². The molecule has 6 atom stereocenters. The Balaban J connectivity index is 1.57. The number of unbranched alkanes of at least 4 members (excludes halogenated alkanes) is 4. The zero-order valence-electron chi connectivity index (χ0n) is 27.9. The fourth-order valence-electron chi connectivity index (χ4n) is 6.97. The fourth-order valence-corrected chi connectivity index (χ4v) is 6.97. The quantitative estimate of drug-likeness (QED) is 0.0631. The number of hydrazone groups is 1. The van der Waals surface area contributed by atoms with Crippen molar-refractivity contribution in [2.24, 2.45) is 10.8 Å². The van der Waals surface area contributed by atoms with E-state index in [0.717, 1.165) is 25.7 Å². The van der Waals surface area contributed by atoms with Gasteiger partial charge in [-0.3, -0.25) is 14.4 Å². The number of carbonyl (C=O) groups is 3. The number of nitrogens with one attached hydrogen (secondary N) is 1. The van der Waals surface area contributed by atoms with Crippen LogP contribution >= 0.6 is 0 Å². The Morgan fingerprint density at radius 1 is 1.10 bits per heavy atom. The van der Waals surface area contributed by atoms with Crippen molar-refractivity contribution >= 4 is 23.2 Å². The zero-order chi connectivity index (χ0) is 35.6. The highest BCUT2D eigenvalue weighted by molar-refractivity contribution is 6.31. The second kappa shape index (κ2) is 14.9. The summed E-state index contributed by atoms with van der Waals surface area (Å²) < 4.78 is 17.4. The molecule has 14 nitrogen and oxygen atoms in total. The molecule has 266 valence electrons. The highest BCUT2D eigenvalue weighted by Gasteiger charge is 2.49. The van der Waals surface area contributed by atoms with E-state index >= 15 is 0 Å². The Kier molecular flexibility index (Phi) is 11.1. The first-order valence-electron chi connectivity index (χ1n) is 16.7. The molecule has 2 aromatic rings. The van der Waals surface area contributed by atoms with E-state index in [2.05, 4.69) is 17.5 Å². The van der Waals surface area contributed by atoms with Gasteiger partial charge in [0.2, 0.25) is 11.7 Å². The molecule has 3 aliphatic rings. The number of ether oxygens (including phenoxy) is 3. The molecule has 1 amide bonds. The molecule has 1 fully saturated rings. The highest BCUT2D eigenvalue weighted by atomic mass is 16.7. The number of benzene rings is 2. The number of nitrogens with zero attached hydrogens (tertiary/aromatic N) is 1. The van der Waals surface area contributed by atoms with Gasteiger partial charge in [0.25, 0.3) is 0 Å². The van der Waals surface area contributed by atoms with E-state index in [1.165, 1.54) is 25.3 Å². The predicted molar refractivity (Wildman–Crippen MR) is 176 cm³/mol. The van der Waals surface area contributed by atoms with Crippen LogP contribution in [0.15, 0.2) is 23.3 Å². The lowest BCUT2D eigenvalue weighted by molar-refractivity contribution is -0.245. The van der Waals surface area contributed by atoms with E-state index in [4.69, 9.17) is 19.9 Å². The molecular formula is C35H45N3O11. The van der Waals surface area contributed by atoms with Gasteiger partial charge in [0.1, 0.15) is 22.8 Å². The normalized spacial score (nSPS) is 26.5. The van der Waals surface area contributed by atoms with Crippen LogP contribution in [0.2, 0.25) is 0 Å². The number of aliphatic hydroxyl groups excluding tert-OH is 2. The van der Waals surface area contributed by atoms with Crippen molar-refractivity contribution in [3.8, 4) is 17.2 Å². The number of methoxy groups -OCH3 is 1. The average Bonchev–Trinajstić information content (AvgIpc) is 3.07. The van der Waals surface area contributed by atoms with E-state index < -0.39 is 89.4 Å². The number of fused-ring (bicyclic) bond motifs is 3. The third-order valence-corrected chi connectivity index (χ3v) is 9.65. The van der Waals surface area contributed by atoms with E-state index in [-0.39, 0.29) is 53.0 Å². The zero-order valence-corrected chi connectivity index (χ0v) is 27.9. The summed E-state index contributed by atoms with van der Waals surface area (Å²) in [4.78, 5) is 40.3. The number of rotatable bonds is 12. The number of hydrogen-bond donors (Lipinski definition) is 7. The molecule has 0 saturated carbocycles. The first-order valence-corrected chi connectivity index (χ1v) is 16.7. The molecular weight excluding hydrogens is 638 g/mol. The van der Waals surface area contributed by atoms with Gasteiger partial charge >= 0.3 is 0 Å². The maximum absolute atomic E-state index is 13.9. The van der Waals surface area contributed by atoms with Gasteiger partial charge in [0.15, 0.2) is 12.1 Å².